The van der Waals surface area contributed by atoms with Crippen LogP contribution in [-0.4, -0.2) is 48.2 Å². The number of likely N-dealkylation sites (tertiary alicyclic amines) is 1. The van der Waals surface area contributed by atoms with Gasteiger partial charge in [-0.2, -0.15) is 0 Å². The van der Waals surface area contributed by atoms with Crippen molar-refractivity contribution in [3.8, 4) is 0 Å². The topological polar surface area (TPSA) is 52.6 Å². The van der Waals surface area contributed by atoms with Crippen molar-refractivity contribution in [1.29, 1.82) is 0 Å². The molecule has 0 aliphatic carbocycles. The Morgan fingerprint density at radius 2 is 2.12 bits per heavy atom. The standard InChI is InChI=1S/C13H26N2O2/c1-3-15-9-6-12(7-10-15)11(2)14-8-4-5-13(16)17/h11-12,14H,3-10H2,1-2H3,(H,16,17). The van der Waals surface area contributed by atoms with E-state index in [9.17, 15) is 4.79 Å². The number of carboxylic acids is 1. The summed E-state index contributed by atoms with van der Waals surface area (Å²) >= 11 is 0. The maximum Gasteiger partial charge on any atom is 0.303 e. The van der Waals surface area contributed by atoms with E-state index in [-0.39, 0.29) is 6.42 Å². The van der Waals surface area contributed by atoms with Gasteiger partial charge in [0.05, 0.1) is 0 Å². The largest absolute Gasteiger partial charge is 0.481 e. The molecule has 0 bridgehead atoms. The highest BCUT2D eigenvalue weighted by atomic mass is 16.4. The summed E-state index contributed by atoms with van der Waals surface area (Å²) in [5.74, 6) is 0.0540. The van der Waals surface area contributed by atoms with Crippen LogP contribution in [0.3, 0.4) is 0 Å². The fourth-order valence-electron chi connectivity index (χ4n) is 2.51. The molecule has 1 fully saturated rings. The van der Waals surface area contributed by atoms with E-state index in [1.807, 2.05) is 0 Å². The molecule has 1 aliphatic heterocycles. The summed E-state index contributed by atoms with van der Waals surface area (Å²) in [6, 6.07) is 0.516. The molecule has 0 saturated carbocycles. The number of aliphatic carboxylic acids is 1. The van der Waals surface area contributed by atoms with Crippen molar-refractivity contribution in [3.05, 3.63) is 0 Å². The van der Waals surface area contributed by atoms with Crippen molar-refractivity contribution < 1.29 is 9.90 Å². The molecule has 17 heavy (non-hydrogen) atoms. The molecule has 0 aromatic carbocycles. The minimum absolute atomic E-state index is 0.272. The molecule has 1 aliphatic rings. The SMILES string of the molecule is CCN1CCC(C(C)NCCCC(=O)O)CC1. The number of carbonyl (C=O) groups is 1. The average molecular weight is 242 g/mol. The number of piperidine rings is 1. The van der Waals surface area contributed by atoms with Gasteiger partial charge in [0.15, 0.2) is 0 Å². The van der Waals surface area contributed by atoms with Crippen LogP contribution in [-0.2, 0) is 4.79 Å². The summed E-state index contributed by atoms with van der Waals surface area (Å²) in [7, 11) is 0. The second-order valence-corrected chi connectivity index (χ2v) is 5.01. The normalized spacial score (nSPS) is 20.4. The van der Waals surface area contributed by atoms with Crippen LogP contribution in [0, 0.1) is 5.92 Å². The van der Waals surface area contributed by atoms with Crippen molar-refractivity contribution in [2.75, 3.05) is 26.2 Å². The molecule has 1 heterocycles. The second kappa shape index (κ2) is 7.67. The Morgan fingerprint density at radius 3 is 2.65 bits per heavy atom. The Labute approximate surface area is 104 Å². The highest BCUT2D eigenvalue weighted by Crippen LogP contribution is 2.20. The van der Waals surface area contributed by atoms with Crippen LogP contribution in [0.5, 0.6) is 0 Å². The van der Waals surface area contributed by atoms with Gasteiger partial charge in [-0.15, -0.1) is 0 Å². The average Bonchev–Trinajstić information content (AvgIpc) is 2.34. The maximum atomic E-state index is 10.4. The number of hydrogen-bond donors (Lipinski definition) is 2. The van der Waals surface area contributed by atoms with Gasteiger partial charge in [0.1, 0.15) is 0 Å². The number of rotatable bonds is 7. The molecule has 4 heteroatoms. The monoisotopic (exact) mass is 242 g/mol. The first-order valence-electron chi connectivity index (χ1n) is 6.81. The molecule has 0 radical (unpaired) electrons. The minimum Gasteiger partial charge on any atom is -0.481 e. The lowest BCUT2D eigenvalue weighted by Gasteiger charge is -2.34. The van der Waals surface area contributed by atoms with E-state index in [2.05, 4.69) is 24.1 Å². The van der Waals surface area contributed by atoms with Crippen LogP contribution < -0.4 is 5.32 Å². The molecule has 1 unspecified atom stereocenters. The number of carboxylic acid groups (broad SMARTS) is 1. The zero-order valence-corrected chi connectivity index (χ0v) is 11.1. The van der Waals surface area contributed by atoms with Crippen LogP contribution in [0.1, 0.15) is 39.5 Å². The molecule has 0 aromatic heterocycles. The number of nitrogens with one attached hydrogen (secondary N) is 1. The molecular weight excluding hydrogens is 216 g/mol. The molecule has 2 N–H and O–H groups in total. The first-order chi connectivity index (χ1) is 8.13. The van der Waals surface area contributed by atoms with Gasteiger partial charge >= 0.3 is 5.97 Å². The fourth-order valence-corrected chi connectivity index (χ4v) is 2.51. The third kappa shape index (κ3) is 5.50. The van der Waals surface area contributed by atoms with Gasteiger partial charge < -0.3 is 15.3 Å². The lowest BCUT2D eigenvalue weighted by Crippen LogP contribution is -2.42. The number of hydrogen-bond acceptors (Lipinski definition) is 3. The summed E-state index contributed by atoms with van der Waals surface area (Å²) in [4.78, 5) is 12.9. The number of nitrogens with zero attached hydrogens (tertiary/aromatic N) is 1. The zero-order chi connectivity index (χ0) is 12.7. The van der Waals surface area contributed by atoms with Gasteiger partial charge in [-0.3, -0.25) is 4.79 Å². The van der Waals surface area contributed by atoms with Gasteiger partial charge in [0.2, 0.25) is 0 Å². The van der Waals surface area contributed by atoms with Crippen LogP contribution in [0.2, 0.25) is 0 Å². The Bertz CT molecular complexity index is 225. The van der Waals surface area contributed by atoms with Crippen LogP contribution in [0.4, 0.5) is 0 Å². The van der Waals surface area contributed by atoms with Crippen molar-refractivity contribution >= 4 is 5.97 Å². The van der Waals surface area contributed by atoms with E-state index >= 15 is 0 Å². The minimum atomic E-state index is -0.698. The Morgan fingerprint density at radius 1 is 1.47 bits per heavy atom. The Hall–Kier alpha value is -0.610. The highest BCUT2D eigenvalue weighted by Gasteiger charge is 2.22. The third-order valence-corrected chi connectivity index (χ3v) is 3.82. The third-order valence-electron chi connectivity index (χ3n) is 3.82. The van der Waals surface area contributed by atoms with E-state index in [4.69, 9.17) is 5.11 Å². The highest BCUT2D eigenvalue weighted by molar-refractivity contribution is 5.66. The smallest absolute Gasteiger partial charge is 0.303 e. The van der Waals surface area contributed by atoms with Gasteiger partial charge in [-0.05, 0) is 58.3 Å². The first kappa shape index (κ1) is 14.5. The molecule has 1 saturated heterocycles. The van der Waals surface area contributed by atoms with Gasteiger partial charge in [-0.1, -0.05) is 6.92 Å². The van der Waals surface area contributed by atoms with Crippen molar-refractivity contribution in [2.24, 2.45) is 5.92 Å². The molecule has 0 spiro atoms. The molecule has 1 atom stereocenters. The van der Waals surface area contributed by atoms with Crippen molar-refractivity contribution in [2.45, 2.75) is 45.6 Å². The second-order valence-electron chi connectivity index (χ2n) is 5.01. The molecule has 0 amide bonds. The lowest BCUT2D eigenvalue weighted by atomic mass is 9.90. The molecule has 0 aromatic rings. The molecule has 4 nitrogen and oxygen atoms in total. The fraction of sp³-hybridized carbons (Fsp3) is 0.923. The lowest BCUT2D eigenvalue weighted by molar-refractivity contribution is -0.137. The Balaban J connectivity index is 2.11. The molecular formula is C13H26N2O2. The van der Waals surface area contributed by atoms with Crippen LogP contribution in [0.25, 0.3) is 0 Å². The Kier molecular flexibility index (Phi) is 6.52. The van der Waals surface area contributed by atoms with Gasteiger partial charge in [-0.25, -0.2) is 0 Å². The van der Waals surface area contributed by atoms with E-state index < -0.39 is 5.97 Å². The molecule has 100 valence electrons. The summed E-state index contributed by atoms with van der Waals surface area (Å²) in [6.07, 6.45) is 3.53. The quantitative estimate of drug-likeness (QED) is 0.665. The van der Waals surface area contributed by atoms with Crippen LogP contribution in [0.15, 0.2) is 0 Å². The van der Waals surface area contributed by atoms with Gasteiger partial charge in [0, 0.05) is 12.5 Å². The van der Waals surface area contributed by atoms with E-state index in [0.29, 0.717) is 6.04 Å². The summed E-state index contributed by atoms with van der Waals surface area (Å²) in [5.41, 5.74) is 0. The zero-order valence-electron chi connectivity index (χ0n) is 11.1. The van der Waals surface area contributed by atoms with Crippen molar-refractivity contribution in [1.82, 2.24) is 10.2 Å². The van der Waals surface area contributed by atoms with Crippen LogP contribution >= 0.6 is 0 Å². The molecule has 1 rings (SSSR count). The predicted octanol–water partition coefficient (Wildman–Crippen LogP) is 1.56. The first-order valence-corrected chi connectivity index (χ1v) is 6.81. The van der Waals surface area contributed by atoms with E-state index in [1.165, 1.54) is 25.9 Å². The summed E-state index contributed by atoms with van der Waals surface area (Å²) in [6.45, 7) is 8.85. The predicted molar refractivity (Wildman–Crippen MR) is 69.2 cm³/mol. The summed E-state index contributed by atoms with van der Waals surface area (Å²) < 4.78 is 0. The van der Waals surface area contributed by atoms with Gasteiger partial charge in [0.25, 0.3) is 0 Å². The summed E-state index contributed by atoms with van der Waals surface area (Å²) in [5, 5.41) is 12.0. The van der Waals surface area contributed by atoms with E-state index in [0.717, 1.165) is 25.4 Å². The maximum absolute atomic E-state index is 10.4. The van der Waals surface area contributed by atoms with E-state index in [1.54, 1.807) is 0 Å². The van der Waals surface area contributed by atoms with Crippen molar-refractivity contribution in [3.63, 3.8) is 0 Å².